The van der Waals surface area contributed by atoms with Crippen molar-refractivity contribution in [1.82, 2.24) is 4.98 Å². The van der Waals surface area contributed by atoms with Crippen molar-refractivity contribution in [2.45, 2.75) is 12.3 Å². The second-order valence-corrected chi connectivity index (χ2v) is 5.45. The quantitative estimate of drug-likeness (QED) is 0.749. The van der Waals surface area contributed by atoms with E-state index in [1.807, 2.05) is 18.2 Å². The minimum atomic E-state index is -0.497. The van der Waals surface area contributed by atoms with Gasteiger partial charge in [-0.2, -0.15) is 0 Å². The van der Waals surface area contributed by atoms with E-state index < -0.39 is 5.76 Å². The summed E-state index contributed by atoms with van der Waals surface area (Å²) in [5.74, 6) is -0.0269. The van der Waals surface area contributed by atoms with Crippen molar-refractivity contribution >= 4 is 16.9 Å². The number of benzene rings is 2. The van der Waals surface area contributed by atoms with Crippen LogP contribution in [0.2, 0.25) is 0 Å². The highest BCUT2D eigenvalue weighted by Gasteiger charge is 2.43. The van der Waals surface area contributed by atoms with Crippen molar-refractivity contribution in [2.75, 3.05) is 0 Å². The average Bonchev–Trinajstić information content (AvgIpc) is 3.22. The van der Waals surface area contributed by atoms with Crippen LogP contribution < -0.4 is 5.76 Å². The zero-order chi connectivity index (χ0) is 14.4. The topological polar surface area (TPSA) is 63.1 Å². The van der Waals surface area contributed by atoms with Crippen molar-refractivity contribution in [1.29, 1.82) is 0 Å². The molecule has 3 aromatic rings. The van der Waals surface area contributed by atoms with Gasteiger partial charge in [0.2, 0.25) is 0 Å². The van der Waals surface area contributed by atoms with Crippen LogP contribution >= 0.6 is 0 Å². The Morgan fingerprint density at radius 1 is 1.14 bits per heavy atom. The van der Waals surface area contributed by atoms with Crippen molar-refractivity contribution in [2.24, 2.45) is 5.92 Å². The Bertz CT molecular complexity index is 876. The summed E-state index contributed by atoms with van der Waals surface area (Å²) in [6, 6.07) is 15.2. The summed E-state index contributed by atoms with van der Waals surface area (Å²) in [6.45, 7) is 0. The fraction of sp³-hybridized carbons (Fsp3) is 0.176. The molecule has 2 unspecified atom stereocenters. The predicted octanol–water partition coefficient (Wildman–Crippen LogP) is 3.11. The van der Waals surface area contributed by atoms with Gasteiger partial charge in [0.25, 0.3) is 0 Å². The number of carbonyl (C=O) groups excluding carboxylic acids is 1. The van der Waals surface area contributed by atoms with Crippen LogP contribution in [-0.4, -0.2) is 10.8 Å². The number of Topliss-reactive ketones (excluding diaryl/α,β-unsaturated/α-hetero) is 1. The first-order valence-electron chi connectivity index (χ1n) is 6.94. The molecule has 0 saturated heterocycles. The summed E-state index contributed by atoms with van der Waals surface area (Å²) in [4.78, 5) is 26.2. The van der Waals surface area contributed by atoms with E-state index in [0.29, 0.717) is 22.6 Å². The molecule has 104 valence electrons. The second kappa shape index (κ2) is 4.45. The summed E-state index contributed by atoms with van der Waals surface area (Å²) in [6.07, 6.45) is 0.887. The van der Waals surface area contributed by atoms with Gasteiger partial charge in [-0.05, 0) is 36.1 Å². The van der Waals surface area contributed by atoms with Crippen LogP contribution in [0, 0.1) is 5.92 Å². The smallest absolute Gasteiger partial charge is 0.408 e. The number of carbonyl (C=O) groups is 1. The van der Waals surface area contributed by atoms with Gasteiger partial charge in [0, 0.05) is 11.5 Å². The van der Waals surface area contributed by atoms with Crippen LogP contribution in [0.3, 0.4) is 0 Å². The molecule has 2 atom stereocenters. The van der Waals surface area contributed by atoms with E-state index >= 15 is 0 Å². The molecule has 0 spiro atoms. The van der Waals surface area contributed by atoms with Crippen molar-refractivity contribution in [3.8, 4) is 0 Å². The number of fused-ring (bicyclic) bond motifs is 1. The van der Waals surface area contributed by atoms with Crippen LogP contribution in [0.25, 0.3) is 11.1 Å². The number of H-pyrrole nitrogens is 1. The van der Waals surface area contributed by atoms with E-state index in [-0.39, 0.29) is 11.7 Å². The van der Waals surface area contributed by atoms with Gasteiger partial charge in [0.05, 0.1) is 5.52 Å². The summed E-state index contributed by atoms with van der Waals surface area (Å²) in [5, 5.41) is 0. The van der Waals surface area contributed by atoms with Gasteiger partial charge in [0.1, 0.15) is 0 Å². The summed E-state index contributed by atoms with van der Waals surface area (Å²) >= 11 is 0. The minimum Gasteiger partial charge on any atom is -0.408 e. The number of aromatic amines is 1. The Hall–Kier alpha value is -2.62. The van der Waals surface area contributed by atoms with Gasteiger partial charge in [-0.3, -0.25) is 9.78 Å². The van der Waals surface area contributed by atoms with Gasteiger partial charge in [0.15, 0.2) is 11.4 Å². The van der Waals surface area contributed by atoms with Crippen LogP contribution in [0.5, 0.6) is 0 Å². The third-order valence-corrected chi connectivity index (χ3v) is 4.06. The first-order chi connectivity index (χ1) is 10.2. The first-order valence-corrected chi connectivity index (χ1v) is 6.94. The van der Waals surface area contributed by atoms with Gasteiger partial charge in [-0.25, -0.2) is 4.79 Å². The van der Waals surface area contributed by atoms with E-state index in [1.54, 1.807) is 18.2 Å². The third-order valence-electron chi connectivity index (χ3n) is 4.06. The van der Waals surface area contributed by atoms with Gasteiger partial charge in [-0.1, -0.05) is 30.3 Å². The molecule has 21 heavy (non-hydrogen) atoms. The van der Waals surface area contributed by atoms with E-state index in [9.17, 15) is 9.59 Å². The Morgan fingerprint density at radius 3 is 2.76 bits per heavy atom. The highest BCUT2D eigenvalue weighted by molar-refractivity contribution is 6.02. The number of hydrogen-bond donors (Lipinski definition) is 1. The monoisotopic (exact) mass is 279 g/mol. The molecule has 1 aliphatic carbocycles. The summed E-state index contributed by atoms with van der Waals surface area (Å²) < 4.78 is 5.01. The van der Waals surface area contributed by atoms with Crippen LogP contribution in [0.1, 0.15) is 28.3 Å². The minimum absolute atomic E-state index is 0.0375. The number of rotatable bonds is 3. The molecule has 4 nitrogen and oxygen atoms in total. The van der Waals surface area contributed by atoms with Crippen molar-refractivity contribution in [3.63, 3.8) is 0 Å². The lowest BCUT2D eigenvalue weighted by molar-refractivity contribution is 0.0965. The van der Waals surface area contributed by atoms with Crippen LogP contribution in [-0.2, 0) is 0 Å². The lowest BCUT2D eigenvalue weighted by Crippen LogP contribution is -2.02. The second-order valence-electron chi connectivity index (χ2n) is 5.45. The van der Waals surface area contributed by atoms with E-state index in [0.717, 1.165) is 6.42 Å². The first kappa shape index (κ1) is 12.1. The number of oxazole rings is 1. The molecule has 1 saturated carbocycles. The highest BCUT2D eigenvalue weighted by atomic mass is 16.4. The number of hydrogen-bond acceptors (Lipinski definition) is 3. The maximum Gasteiger partial charge on any atom is 0.417 e. The standard InChI is InChI=1S/C17H13NO3/c19-16(13-9-12(13)10-4-2-1-3-5-10)11-6-7-14-15(8-11)21-17(20)18-14/h1-8,12-13H,9H2,(H,18,20). The van der Waals surface area contributed by atoms with E-state index in [4.69, 9.17) is 4.42 Å². The lowest BCUT2D eigenvalue weighted by Gasteiger charge is -2.01. The molecule has 4 heteroatoms. The molecule has 0 bridgehead atoms. The fourth-order valence-corrected chi connectivity index (χ4v) is 2.87. The van der Waals surface area contributed by atoms with Crippen molar-refractivity contribution < 1.29 is 9.21 Å². The molecule has 1 aromatic heterocycles. The molecular weight excluding hydrogens is 266 g/mol. The van der Waals surface area contributed by atoms with Gasteiger partial charge in [-0.15, -0.1) is 0 Å². The lowest BCUT2D eigenvalue weighted by atomic mass is 10.0. The summed E-state index contributed by atoms with van der Waals surface area (Å²) in [7, 11) is 0. The molecule has 1 fully saturated rings. The van der Waals surface area contributed by atoms with Crippen LogP contribution in [0.4, 0.5) is 0 Å². The van der Waals surface area contributed by atoms with Gasteiger partial charge >= 0.3 is 5.76 Å². The molecule has 0 amide bonds. The Labute approximate surface area is 120 Å². The van der Waals surface area contributed by atoms with Gasteiger partial charge < -0.3 is 4.42 Å². The molecule has 0 radical (unpaired) electrons. The number of ketones is 1. The summed E-state index contributed by atoms with van der Waals surface area (Å²) in [5.41, 5.74) is 2.87. The number of nitrogens with one attached hydrogen (secondary N) is 1. The average molecular weight is 279 g/mol. The maximum atomic E-state index is 12.5. The molecule has 1 heterocycles. The normalized spacial score (nSPS) is 20.6. The molecule has 1 aliphatic rings. The van der Waals surface area contributed by atoms with Crippen LogP contribution in [0.15, 0.2) is 57.7 Å². The zero-order valence-corrected chi connectivity index (χ0v) is 11.2. The Kier molecular flexibility index (Phi) is 2.57. The van der Waals surface area contributed by atoms with Crippen molar-refractivity contribution in [3.05, 3.63) is 70.2 Å². The van der Waals surface area contributed by atoms with E-state index in [2.05, 4.69) is 17.1 Å². The molecule has 2 aromatic carbocycles. The predicted molar refractivity (Wildman–Crippen MR) is 78.5 cm³/mol. The largest absolute Gasteiger partial charge is 0.417 e. The Morgan fingerprint density at radius 2 is 1.95 bits per heavy atom. The molecule has 4 rings (SSSR count). The Balaban J connectivity index is 1.61. The third kappa shape index (κ3) is 2.09. The zero-order valence-electron chi connectivity index (χ0n) is 11.2. The maximum absolute atomic E-state index is 12.5. The number of aromatic nitrogens is 1. The fourth-order valence-electron chi connectivity index (χ4n) is 2.87. The molecular formula is C17H13NO3. The SMILES string of the molecule is O=C(c1ccc2[nH]c(=O)oc2c1)C1CC1c1ccccc1. The highest BCUT2D eigenvalue weighted by Crippen LogP contribution is 2.49. The molecule has 0 aliphatic heterocycles. The molecule has 1 N–H and O–H groups in total. The van der Waals surface area contributed by atoms with E-state index in [1.165, 1.54) is 5.56 Å².